The average molecular weight is 301 g/mol. The molecule has 1 aromatic heterocycles. The maximum absolute atomic E-state index is 12.6. The fourth-order valence-electron chi connectivity index (χ4n) is 2.74. The Labute approximate surface area is 126 Å². The number of nitrogens with zero attached hydrogens (tertiary/aromatic N) is 1. The van der Waals surface area contributed by atoms with E-state index in [9.17, 15) is 14.7 Å². The molecule has 3 rings (SSSR count). The summed E-state index contributed by atoms with van der Waals surface area (Å²) in [4.78, 5) is 27.4. The molecule has 108 valence electrons. The van der Waals surface area contributed by atoms with Gasteiger partial charge in [-0.15, -0.1) is 11.3 Å². The number of aryl methyl sites for hydroxylation is 1. The molecular weight excluding hydrogens is 286 g/mol. The Morgan fingerprint density at radius 1 is 1.24 bits per heavy atom. The summed E-state index contributed by atoms with van der Waals surface area (Å²) in [7, 11) is 0. The van der Waals surface area contributed by atoms with E-state index in [-0.39, 0.29) is 5.91 Å². The van der Waals surface area contributed by atoms with Gasteiger partial charge in [-0.2, -0.15) is 0 Å². The topological polar surface area (TPSA) is 57.6 Å². The summed E-state index contributed by atoms with van der Waals surface area (Å²) in [6.07, 6.45) is 0.691. The number of carbonyl (C=O) groups excluding carboxylic acids is 1. The number of hydrogen-bond acceptors (Lipinski definition) is 3. The van der Waals surface area contributed by atoms with Crippen LogP contribution in [0.3, 0.4) is 0 Å². The van der Waals surface area contributed by atoms with Crippen molar-refractivity contribution >= 4 is 23.2 Å². The Hall–Kier alpha value is -2.14. The van der Waals surface area contributed by atoms with Crippen LogP contribution in [0.5, 0.6) is 0 Å². The van der Waals surface area contributed by atoms with Crippen LogP contribution in [0.25, 0.3) is 0 Å². The zero-order chi connectivity index (χ0) is 15.0. The second-order valence-electron chi connectivity index (χ2n) is 5.10. The van der Waals surface area contributed by atoms with Gasteiger partial charge in [-0.1, -0.05) is 24.3 Å². The molecule has 5 heteroatoms. The van der Waals surface area contributed by atoms with Crippen LogP contribution in [0.15, 0.2) is 36.4 Å². The molecule has 1 aliphatic rings. The van der Waals surface area contributed by atoms with Gasteiger partial charge in [-0.3, -0.25) is 4.79 Å². The van der Waals surface area contributed by atoms with Crippen LogP contribution >= 0.6 is 11.3 Å². The van der Waals surface area contributed by atoms with E-state index in [0.717, 1.165) is 16.0 Å². The zero-order valence-electron chi connectivity index (χ0n) is 11.6. The summed E-state index contributed by atoms with van der Waals surface area (Å²) in [6, 6.07) is 10.2. The van der Waals surface area contributed by atoms with Gasteiger partial charge in [-0.05, 0) is 36.6 Å². The van der Waals surface area contributed by atoms with Gasteiger partial charge in [0.2, 0.25) is 0 Å². The lowest BCUT2D eigenvalue weighted by molar-refractivity contribution is -0.143. The lowest BCUT2D eigenvalue weighted by Crippen LogP contribution is -2.43. The highest BCUT2D eigenvalue weighted by molar-refractivity contribution is 7.13. The summed E-state index contributed by atoms with van der Waals surface area (Å²) >= 11 is 1.40. The third-order valence-electron chi connectivity index (χ3n) is 3.73. The van der Waals surface area contributed by atoms with E-state index >= 15 is 0 Å². The maximum atomic E-state index is 12.6. The van der Waals surface area contributed by atoms with Gasteiger partial charge in [-0.25, -0.2) is 4.79 Å². The van der Waals surface area contributed by atoms with Crippen molar-refractivity contribution < 1.29 is 14.7 Å². The number of amides is 1. The third kappa shape index (κ3) is 2.45. The van der Waals surface area contributed by atoms with Crippen molar-refractivity contribution in [1.29, 1.82) is 0 Å². The van der Waals surface area contributed by atoms with Gasteiger partial charge < -0.3 is 10.0 Å². The Balaban J connectivity index is 1.99. The van der Waals surface area contributed by atoms with Gasteiger partial charge >= 0.3 is 5.97 Å². The Kier molecular flexibility index (Phi) is 3.51. The number of rotatable bonds is 2. The molecule has 0 aliphatic carbocycles. The van der Waals surface area contributed by atoms with Gasteiger partial charge in [0.25, 0.3) is 5.91 Å². The van der Waals surface area contributed by atoms with E-state index in [2.05, 4.69) is 0 Å². The Bertz CT molecular complexity index is 707. The lowest BCUT2D eigenvalue weighted by Gasteiger charge is -2.34. The molecule has 1 atom stereocenters. The van der Waals surface area contributed by atoms with Crippen LogP contribution in [0.1, 0.15) is 31.7 Å². The first-order chi connectivity index (χ1) is 10.1. The van der Waals surface area contributed by atoms with Crippen LogP contribution in [0.4, 0.5) is 0 Å². The lowest BCUT2D eigenvalue weighted by atomic mass is 9.92. The third-order valence-corrected chi connectivity index (χ3v) is 4.72. The van der Waals surface area contributed by atoms with Crippen molar-refractivity contribution in [2.24, 2.45) is 0 Å². The fraction of sp³-hybridized carbons (Fsp3) is 0.250. The smallest absolute Gasteiger partial charge is 0.331 e. The molecule has 1 N–H and O–H groups in total. The van der Waals surface area contributed by atoms with Crippen LogP contribution < -0.4 is 0 Å². The largest absolute Gasteiger partial charge is 0.479 e. The van der Waals surface area contributed by atoms with Crippen LogP contribution in [-0.4, -0.2) is 28.4 Å². The number of thiophene rings is 1. The summed E-state index contributed by atoms with van der Waals surface area (Å²) in [5.41, 5.74) is 1.73. The van der Waals surface area contributed by atoms with Crippen molar-refractivity contribution in [2.75, 3.05) is 6.54 Å². The zero-order valence-corrected chi connectivity index (χ0v) is 12.4. The number of carboxylic acid groups (broad SMARTS) is 1. The van der Waals surface area contributed by atoms with Crippen molar-refractivity contribution in [3.63, 3.8) is 0 Å². The molecule has 0 bridgehead atoms. The highest BCUT2D eigenvalue weighted by Crippen LogP contribution is 2.32. The van der Waals surface area contributed by atoms with E-state index in [4.69, 9.17) is 0 Å². The minimum Gasteiger partial charge on any atom is -0.479 e. The monoisotopic (exact) mass is 301 g/mol. The van der Waals surface area contributed by atoms with Crippen molar-refractivity contribution in [1.82, 2.24) is 4.90 Å². The number of benzene rings is 1. The van der Waals surface area contributed by atoms with Crippen molar-refractivity contribution in [3.05, 3.63) is 57.3 Å². The second-order valence-corrected chi connectivity index (χ2v) is 6.39. The highest BCUT2D eigenvalue weighted by atomic mass is 32.1. The van der Waals surface area contributed by atoms with Crippen LogP contribution in [0, 0.1) is 6.92 Å². The molecule has 0 fully saturated rings. The van der Waals surface area contributed by atoms with Gasteiger partial charge in [0.15, 0.2) is 6.04 Å². The Morgan fingerprint density at radius 3 is 2.67 bits per heavy atom. The predicted molar refractivity (Wildman–Crippen MR) is 80.6 cm³/mol. The van der Waals surface area contributed by atoms with E-state index in [0.29, 0.717) is 17.8 Å². The normalized spacial score (nSPS) is 17.4. The number of hydrogen-bond donors (Lipinski definition) is 1. The first-order valence-corrected chi connectivity index (χ1v) is 7.57. The molecule has 1 aliphatic heterocycles. The van der Waals surface area contributed by atoms with E-state index in [1.165, 1.54) is 16.2 Å². The molecule has 4 nitrogen and oxygen atoms in total. The summed E-state index contributed by atoms with van der Waals surface area (Å²) in [6.45, 7) is 2.37. The Morgan fingerprint density at radius 2 is 2.00 bits per heavy atom. The van der Waals surface area contributed by atoms with Crippen LogP contribution in [-0.2, 0) is 11.2 Å². The molecular formula is C16H15NO3S. The molecule has 21 heavy (non-hydrogen) atoms. The van der Waals surface area contributed by atoms with Gasteiger partial charge in [0.1, 0.15) is 0 Å². The summed E-state index contributed by atoms with van der Waals surface area (Å²) in [5.74, 6) is -1.18. The molecule has 1 unspecified atom stereocenters. The molecule has 2 heterocycles. The SMILES string of the molecule is Cc1ccc(C(=O)N2CCc3ccccc3C2C(=O)O)s1. The van der Waals surface area contributed by atoms with Gasteiger partial charge in [0.05, 0.1) is 4.88 Å². The van der Waals surface area contributed by atoms with Crippen LogP contribution in [0.2, 0.25) is 0 Å². The standard InChI is InChI=1S/C16H15NO3S/c1-10-6-7-13(21-10)15(18)17-9-8-11-4-2-3-5-12(11)14(17)16(19)20/h2-7,14H,8-9H2,1H3,(H,19,20). The summed E-state index contributed by atoms with van der Waals surface area (Å²) < 4.78 is 0. The number of fused-ring (bicyclic) bond motifs is 1. The molecule has 0 saturated carbocycles. The average Bonchev–Trinajstić information content (AvgIpc) is 2.91. The molecule has 2 aromatic rings. The number of carboxylic acids is 1. The molecule has 1 aromatic carbocycles. The highest BCUT2D eigenvalue weighted by Gasteiger charge is 2.36. The number of aliphatic carboxylic acids is 1. The maximum Gasteiger partial charge on any atom is 0.331 e. The second kappa shape index (κ2) is 5.33. The predicted octanol–water partition coefficient (Wildman–Crippen LogP) is 2.88. The van der Waals surface area contributed by atoms with E-state index < -0.39 is 12.0 Å². The molecule has 0 saturated heterocycles. The molecule has 0 radical (unpaired) electrons. The quantitative estimate of drug-likeness (QED) is 0.928. The number of carbonyl (C=O) groups is 2. The first-order valence-electron chi connectivity index (χ1n) is 6.76. The van der Waals surface area contributed by atoms with Gasteiger partial charge in [0, 0.05) is 11.4 Å². The fourth-order valence-corrected chi connectivity index (χ4v) is 3.57. The molecule has 0 spiro atoms. The van der Waals surface area contributed by atoms with E-state index in [1.54, 1.807) is 12.1 Å². The minimum atomic E-state index is -0.983. The molecule has 1 amide bonds. The van der Waals surface area contributed by atoms with Crippen molar-refractivity contribution in [2.45, 2.75) is 19.4 Å². The van der Waals surface area contributed by atoms with E-state index in [1.807, 2.05) is 31.2 Å². The summed E-state index contributed by atoms with van der Waals surface area (Å²) in [5, 5.41) is 9.57. The van der Waals surface area contributed by atoms with Crippen molar-refractivity contribution in [3.8, 4) is 0 Å². The minimum absolute atomic E-state index is 0.199. The first kappa shape index (κ1) is 13.8.